The highest BCUT2D eigenvalue weighted by molar-refractivity contribution is 6.31. The molecule has 7 aromatic rings. The third kappa shape index (κ3) is 3.43. The number of aromatic nitrogens is 4. The minimum Gasteiger partial charge on any atom is -0.278 e. The zero-order chi connectivity index (χ0) is 24.1. The fourth-order valence-corrected chi connectivity index (χ4v) is 4.98. The molecular formula is C31H19ClN4. The Bertz CT molecular complexity index is 1840. The summed E-state index contributed by atoms with van der Waals surface area (Å²) in [6, 6.07) is 38.8. The summed E-state index contributed by atoms with van der Waals surface area (Å²) in [6.45, 7) is 0. The normalized spacial score (nSPS) is 11.5. The number of hydrogen-bond donors (Lipinski definition) is 0. The highest BCUT2D eigenvalue weighted by Gasteiger charge is 2.18. The van der Waals surface area contributed by atoms with E-state index in [1.165, 1.54) is 0 Å². The minimum atomic E-state index is 0.579. The lowest BCUT2D eigenvalue weighted by molar-refractivity contribution is 0.954. The molecule has 7 rings (SSSR count). The van der Waals surface area contributed by atoms with Crippen LogP contribution in [0.1, 0.15) is 0 Å². The van der Waals surface area contributed by atoms with E-state index < -0.39 is 0 Å². The van der Waals surface area contributed by atoms with E-state index in [0.29, 0.717) is 22.6 Å². The van der Waals surface area contributed by atoms with Gasteiger partial charge in [-0.3, -0.25) is 4.57 Å². The molecule has 0 spiro atoms. The van der Waals surface area contributed by atoms with Crippen molar-refractivity contribution in [2.45, 2.75) is 0 Å². The van der Waals surface area contributed by atoms with Crippen molar-refractivity contribution >= 4 is 44.2 Å². The lowest BCUT2D eigenvalue weighted by Crippen LogP contribution is -2.06. The number of rotatable bonds is 3. The second kappa shape index (κ2) is 8.29. The van der Waals surface area contributed by atoms with Gasteiger partial charge in [-0.15, -0.1) is 0 Å². The highest BCUT2D eigenvalue weighted by Crippen LogP contribution is 2.35. The average molecular weight is 483 g/mol. The maximum Gasteiger partial charge on any atom is 0.238 e. The lowest BCUT2D eigenvalue weighted by atomic mass is 10.1. The number of benzene rings is 5. The van der Waals surface area contributed by atoms with Crippen LogP contribution in [0.25, 0.3) is 61.3 Å². The number of fused-ring (bicyclic) bond motifs is 4. The van der Waals surface area contributed by atoms with Crippen LogP contribution < -0.4 is 0 Å². The van der Waals surface area contributed by atoms with E-state index in [9.17, 15) is 0 Å². The van der Waals surface area contributed by atoms with Crippen LogP contribution in [0.5, 0.6) is 0 Å². The summed E-state index contributed by atoms with van der Waals surface area (Å²) in [7, 11) is 0. The lowest BCUT2D eigenvalue weighted by Gasteiger charge is -2.11. The first-order valence-corrected chi connectivity index (χ1v) is 12.1. The molecule has 5 aromatic carbocycles. The molecule has 2 heterocycles. The van der Waals surface area contributed by atoms with Crippen LogP contribution >= 0.6 is 11.6 Å². The van der Waals surface area contributed by atoms with Crippen LogP contribution in [0.2, 0.25) is 5.02 Å². The van der Waals surface area contributed by atoms with Gasteiger partial charge in [0.15, 0.2) is 11.6 Å². The molecular weight excluding hydrogens is 464 g/mol. The van der Waals surface area contributed by atoms with Crippen LogP contribution in [0.15, 0.2) is 115 Å². The molecule has 0 fully saturated rings. The predicted molar refractivity (Wildman–Crippen MR) is 148 cm³/mol. The monoisotopic (exact) mass is 482 g/mol. The zero-order valence-electron chi connectivity index (χ0n) is 19.1. The summed E-state index contributed by atoms with van der Waals surface area (Å²) in [5, 5.41) is 5.21. The number of nitrogens with zero attached hydrogens (tertiary/aromatic N) is 4. The number of halogens is 1. The molecule has 0 radical (unpaired) electrons. The van der Waals surface area contributed by atoms with E-state index in [4.69, 9.17) is 26.6 Å². The van der Waals surface area contributed by atoms with Gasteiger partial charge in [-0.1, -0.05) is 96.5 Å². The molecule has 5 heteroatoms. The molecule has 0 aliphatic carbocycles. The largest absolute Gasteiger partial charge is 0.278 e. The van der Waals surface area contributed by atoms with Gasteiger partial charge in [0.25, 0.3) is 0 Å². The summed E-state index contributed by atoms with van der Waals surface area (Å²) in [5.74, 6) is 1.85. The number of para-hydroxylation sites is 1. The fraction of sp³-hybridized carbons (Fsp3) is 0. The molecule has 0 aliphatic rings. The van der Waals surface area contributed by atoms with Gasteiger partial charge in [-0.25, -0.2) is 4.98 Å². The van der Waals surface area contributed by atoms with Crippen molar-refractivity contribution in [3.8, 4) is 28.7 Å². The molecule has 0 saturated heterocycles. The minimum absolute atomic E-state index is 0.579. The number of hydrogen-bond acceptors (Lipinski definition) is 3. The van der Waals surface area contributed by atoms with Crippen LogP contribution in [-0.4, -0.2) is 19.5 Å². The first-order chi connectivity index (χ1) is 17.7. The summed E-state index contributed by atoms with van der Waals surface area (Å²) < 4.78 is 2.13. The van der Waals surface area contributed by atoms with Crippen LogP contribution in [0.3, 0.4) is 0 Å². The second-order valence-electron chi connectivity index (χ2n) is 8.73. The molecule has 0 aliphatic heterocycles. The first-order valence-electron chi connectivity index (χ1n) is 11.7. The fourth-order valence-electron chi connectivity index (χ4n) is 4.80. The molecule has 0 bridgehead atoms. The Labute approximate surface area is 212 Å². The smallest absolute Gasteiger partial charge is 0.238 e. The van der Waals surface area contributed by atoms with Gasteiger partial charge in [0.05, 0.1) is 11.0 Å². The summed E-state index contributed by atoms with van der Waals surface area (Å²) in [5.41, 5.74) is 3.95. The molecule has 0 unspecified atom stereocenters. The second-order valence-corrected chi connectivity index (χ2v) is 9.16. The highest BCUT2D eigenvalue weighted by atomic mass is 35.5. The Morgan fingerprint density at radius 1 is 0.500 bits per heavy atom. The topological polar surface area (TPSA) is 43.6 Å². The van der Waals surface area contributed by atoms with Crippen LogP contribution in [0, 0.1) is 0 Å². The van der Waals surface area contributed by atoms with Gasteiger partial charge in [-0.05, 0) is 41.1 Å². The van der Waals surface area contributed by atoms with Crippen molar-refractivity contribution in [1.29, 1.82) is 0 Å². The molecule has 0 amide bonds. The van der Waals surface area contributed by atoms with E-state index in [0.717, 1.165) is 43.7 Å². The Morgan fingerprint density at radius 2 is 1.14 bits per heavy atom. The van der Waals surface area contributed by atoms with Crippen molar-refractivity contribution in [2.24, 2.45) is 0 Å². The van der Waals surface area contributed by atoms with Gasteiger partial charge in [-0.2, -0.15) is 9.97 Å². The molecule has 0 N–H and O–H groups in total. The van der Waals surface area contributed by atoms with Gasteiger partial charge in [0.1, 0.15) is 0 Å². The van der Waals surface area contributed by atoms with Crippen molar-refractivity contribution in [1.82, 2.24) is 19.5 Å². The van der Waals surface area contributed by atoms with Gasteiger partial charge < -0.3 is 0 Å². The molecule has 0 saturated carbocycles. The predicted octanol–water partition coefficient (Wildman–Crippen LogP) is 8.11. The van der Waals surface area contributed by atoms with Crippen LogP contribution in [0.4, 0.5) is 0 Å². The van der Waals surface area contributed by atoms with Crippen molar-refractivity contribution in [3.05, 3.63) is 120 Å². The van der Waals surface area contributed by atoms with Crippen molar-refractivity contribution < 1.29 is 0 Å². The Hall–Kier alpha value is -4.54. The van der Waals surface area contributed by atoms with E-state index in [1.807, 2.05) is 78.9 Å². The molecule has 2 aromatic heterocycles. The van der Waals surface area contributed by atoms with E-state index >= 15 is 0 Å². The molecule has 4 nitrogen and oxygen atoms in total. The van der Waals surface area contributed by atoms with Gasteiger partial charge in [0.2, 0.25) is 5.95 Å². The van der Waals surface area contributed by atoms with E-state index in [2.05, 4.69) is 41.0 Å². The zero-order valence-corrected chi connectivity index (χ0v) is 19.9. The van der Waals surface area contributed by atoms with Gasteiger partial charge >= 0.3 is 0 Å². The van der Waals surface area contributed by atoms with Gasteiger partial charge in [0, 0.05) is 26.9 Å². The SMILES string of the molecule is Clc1ccc2cc3c4ccccc4n(-c4nc(-c5ccccc5)nc(-c5ccccc5)n4)c3cc2c1. The molecule has 170 valence electrons. The molecule has 0 atom stereocenters. The first kappa shape index (κ1) is 20.8. The quantitative estimate of drug-likeness (QED) is 0.255. The molecule has 36 heavy (non-hydrogen) atoms. The van der Waals surface area contributed by atoms with E-state index in [1.54, 1.807) is 0 Å². The summed E-state index contributed by atoms with van der Waals surface area (Å²) in [6.07, 6.45) is 0. The summed E-state index contributed by atoms with van der Waals surface area (Å²) >= 11 is 6.34. The van der Waals surface area contributed by atoms with Crippen molar-refractivity contribution in [2.75, 3.05) is 0 Å². The third-order valence-electron chi connectivity index (χ3n) is 6.48. The Balaban J connectivity index is 1.59. The van der Waals surface area contributed by atoms with Crippen molar-refractivity contribution in [3.63, 3.8) is 0 Å². The maximum absolute atomic E-state index is 6.34. The van der Waals surface area contributed by atoms with E-state index in [-0.39, 0.29) is 0 Å². The Kier molecular flexibility index (Phi) is 4.79. The average Bonchev–Trinajstić information content (AvgIpc) is 3.25. The maximum atomic E-state index is 6.34. The standard InChI is InChI=1S/C31H19ClN4/c32-24-16-15-22-18-26-25-13-7-8-14-27(25)36(28(26)19-23(22)17-24)31-34-29(20-9-3-1-4-10-20)33-30(35-31)21-11-5-2-6-12-21/h1-19H. The summed E-state index contributed by atoms with van der Waals surface area (Å²) in [4.78, 5) is 14.8. The van der Waals surface area contributed by atoms with Crippen LogP contribution in [-0.2, 0) is 0 Å². The Morgan fingerprint density at radius 3 is 1.83 bits per heavy atom. The third-order valence-corrected chi connectivity index (χ3v) is 6.72.